The van der Waals surface area contributed by atoms with E-state index in [1.54, 1.807) is 6.07 Å². The number of hydrogen-bond acceptors (Lipinski definition) is 2. The molecular formula is C16H17FN2. The van der Waals surface area contributed by atoms with E-state index in [1.165, 1.54) is 48.2 Å². The number of pyridine rings is 1. The maximum Gasteiger partial charge on any atom is 0.141 e. The fraction of sp³-hybridized carbons (Fsp3) is 0.312. The molecule has 0 aliphatic heterocycles. The Kier molecular flexibility index (Phi) is 3.30. The van der Waals surface area contributed by atoms with Gasteiger partial charge in [0.25, 0.3) is 0 Å². The van der Waals surface area contributed by atoms with Crippen LogP contribution in [0.25, 0.3) is 0 Å². The molecule has 2 aromatic rings. The molecule has 2 nitrogen and oxygen atoms in total. The lowest BCUT2D eigenvalue weighted by Gasteiger charge is -2.12. The largest absolute Gasteiger partial charge is 0.322 e. The fourth-order valence-electron chi connectivity index (χ4n) is 2.72. The van der Waals surface area contributed by atoms with E-state index in [2.05, 4.69) is 23.2 Å². The van der Waals surface area contributed by atoms with Gasteiger partial charge in [0.2, 0.25) is 0 Å². The Bertz CT molecular complexity index is 578. The number of rotatable bonds is 3. The highest BCUT2D eigenvalue weighted by atomic mass is 19.1. The molecule has 1 unspecified atom stereocenters. The minimum absolute atomic E-state index is 0.181. The first kappa shape index (κ1) is 12.3. The van der Waals surface area contributed by atoms with Gasteiger partial charge in [0.15, 0.2) is 0 Å². The van der Waals surface area contributed by atoms with E-state index in [9.17, 15) is 4.39 Å². The van der Waals surface area contributed by atoms with Crippen LogP contribution in [0.4, 0.5) is 4.39 Å². The summed E-state index contributed by atoms with van der Waals surface area (Å²) in [6.45, 7) is 0. The number of hydrogen-bond donors (Lipinski definition) is 1. The van der Waals surface area contributed by atoms with Crippen molar-refractivity contribution in [3.63, 3.8) is 0 Å². The van der Waals surface area contributed by atoms with Gasteiger partial charge in [-0.1, -0.05) is 18.2 Å². The first-order valence-electron chi connectivity index (χ1n) is 6.70. The number of fused-ring (bicyclic) bond motifs is 1. The van der Waals surface area contributed by atoms with Crippen molar-refractivity contribution >= 4 is 0 Å². The van der Waals surface area contributed by atoms with Crippen LogP contribution >= 0.6 is 0 Å². The van der Waals surface area contributed by atoms with Gasteiger partial charge in [0.05, 0.1) is 17.9 Å². The summed E-state index contributed by atoms with van der Waals surface area (Å²) in [7, 11) is 0. The molecule has 0 saturated heterocycles. The molecule has 0 bridgehead atoms. The molecule has 1 aliphatic carbocycles. The summed E-state index contributed by atoms with van der Waals surface area (Å²) in [4.78, 5) is 4.05. The average Bonchev–Trinajstić information content (AvgIpc) is 2.87. The van der Waals surface area contributed by atoms with Gasteiger partial charge in [-0.2, -0.15) is 0 Å². The molecule has 1 aromatic carbocycles. The Morgan fingerprint density at radius 1 is 1.16 bits per heavy atom. The molecule has 0 radical (unpaired) electrons. The van der Waals surface area contributed by atoms with Crippen LogP contribution in [0.5, 0.6) is 0 Å². The predicted molar refractivity (Wildman–Crippen MR) is 73.3 cm³/mol. The third kappa shape index (κ3) is 2.66. The van der Waals surface area contributed by atoms with Crippen molar-refractivity contribution in [3.05, 3.63) is 64.7 Å². The monoisotopic (exact) mass is 256 g/mol. The molecule has 1 atom stereocenters. The van der Waals surface area contributed by atoms with Gasteiger partial charge in [0.1, 0.15) is 5.82 Å². The van der Waals surface area contributed by atoms with Gasteiger partial charge in [-0.3, -0.25) is 4.98 Å². The van der Waals surface area contributed by atoms with E-state index in [1.807, 2.05) is 0 Å². The Labute approximate surface area is 112 Å². The first-order chi connectivity index (χ1) is 9.22. The number of nitrogens with two attached hydrogens (primary N) is 1. The average molecular weight is 256 g/mol. The van der Waals surface area contributed by atoms with E-state index >= 15 is 0 Å². The summed E-state index contributed by atoms with van der Waals surface area (Å²) >= 11 is 0. The predicted octanol–water partition coefficient (Wildman–Crippen LogP) is 2.95. The molecule has 98 valence electrons. The van der Waals surface area contributed by atoms with Crippen LogP contribution in [0, 0.1) is 5.82 Å². The van der Waals surface area contributed by atoms with Crippen LogP contribution in [0.2, 0.25) is 0 Å². The van der Waals surface area contributed by atoms with E-state index in [-0.39, 0.29) is 11.9 Å². The quantitative estimate of drug-likeness (QED) is 0.917. The molecule has 19 heavy (non-hydrogen) atoms. The van der Waals surface area contributed by atoms with E-state index in [0.29, 0.717) is 0 Å². The number of halogens is 1. The Hall–Kier alpha value is -1.74. The molecule has 1 aromatic heterocycles. The van der Waals surface area contributed by atoms with Crippen molar-refractivity contribution in [2.24, 2.45) is 5.73 Å². The summed E-state index contributed by atoms with van der Waals surface area (Å²) in [5.74, 6) is -0.325. The maximum absolute atomic E-state index is 12.8. The highest BCUT2D eigenvalue weighted by Crippen LogP contribution is 2.24. The van der Waals surface area contributed by atoms with Crippen molar-refractivity contribution < 1.29 is 4.39 Å². The SMILES string of the molecule is NC(Cc1ccc2c(c1)CCC2)c1ccc(F)cn1. The minimum atomic E-state index is -0.325. The second kappa shape index (κ2) is 5.10. The maximum atomic E-state index is 12.8. The molecule has 0 spiro atoms. The zero-order valence-electron chi connectivity index (χ0n) is 10.8. The fourth-order valence-corrected chi connectivity index (χ4v) is 2.72. The van der Waals surface area contributed by atoms with Crippen molar-refractivity contribution in [3.8, 4) is 0 Å². The normalized spacial score (nSPS) is 15.3. The van der Waals surface area contributed by atoms with E-state index in [4.69, 9.17) is 5.73 Å². The van der Waals surface area contributed by atoms with Crippen LogP contribution in [-0.4, -0.2) is 4.98 Å². The summed E-state index contributed by atoms with van der Waals surface area (Å²) in [6, 6.07) is 9.50. The zero-order valence-corrected chi connectivity index (χ0v) is 10.8. The molecule has 1 heterocycles. The molecule has 0 amide bonds. The zero-order chi connectivity index (χ0) is 13.2. The van der Waals surface area contributed by atoms with Gasteiger partial charge >= 0.3 is 0 Å². The van der Waals surface area contributed by atoms with Crippen LogP contribution in [0.3, 0.4) is 0 Å². The van der Waals surface area contributed by atoms with Gasteiger partial charge < -0.3 is 5.73 Å². The van der Waals surface area contributed by atoms with Gasteiger partial charge in [-0.25, -0.2) is 4.39 Å². The third-order valence-corrected chi connectivity index (χ3v) is 3.75. The molecule has 0 saturated carbocycles. The van der Waals surface area contributed by atoms with Crippen LogP contribution in [0.1, 0.15) is 34.8 Å². The summed E-state index contributed by atoms with van der Waals surface area (Å²) in [5, 5.41) is 0. The molecule has 3 heteroatoms. The third-order valence-electron chi connectivity index (χ3n) is 3.75. The van der Waals surface area contributed by atoms with Crippen LogP contribution < -0.4 is 5.73 Å². The Balaban J connectivity index is 1.75. The lowest BCUT2D eigenvalue weighted by molar-refractivity contribution is 0.612. The van der Waals surface area contributed by atoms with Crippen molar-refractivity contribution in [2.45, 2.75) is 31.7 Å². The van der Waals surface area contributed by atoms with E-state index in [0.717, 1.165) is 12.1 Å². The van der Waals surface area contributed by atoms with Crippen LogP contribution in [-0.2, 0) is 19.3 Å². The second-order valence-electron chi connectivity index (χ2n) is 5.17. The Morgan fingerprint density at radius 2 is 2.00 bits per heavy atom. The number of nitrogens with zero attached hydrogens (tertiary/aromatic N) is 1. The number of aryl methyl sites for hydroxylation is 2. The van der Waals surface area contributed by atoms with Gasteiger partial charge in [-0.15, -0.1) is 0 Å². The summed E-state index contributed by atoms with van der Waals surface area (Å²) in [5.41, 5.74) is 11.0. The molecular weight excluding hydrogens is 239 g/mol. The summed E-state index contributed by atoms with van der Waals surface area (Å²) < 4.78 is 12.8. The Morgan fingerprint density at radius 3 is 2.79 bits per heavy atom. The van der Waals surface area contributed by atoms with Gasteiger partial charge in [-0.05, 0) is 54.5 Å². The standard InChI is InChI=1S/C16H17FN2/c17-14-6-7-16(19-10-14)15(18)9-11-4-5-12-2-1-3-13(12)8-11/h4-8,10,15H,1-3,9,18H2. The smallest absolute Gasteiger partial charge is 0.141 e. The molecule has 0 fully saturated rings. The second-order valence-corrected chi connectivity index (χ2v) is 5.17. The lowest BCUT2D eigenvalue weighted by Crippen LogP contribution is -2.15. The number of aromatic nitrogens is 1. The molecule has 2 N–H and O–H groups in total. The first-order valence-corrected chi connectivity index (χ1v) is 6.70. The molecule has 1 aliphatic rings. The topological polar surface area (TPSA) is 38.9 Å². The molecule has 3 rings (SSSR count). The highest BCUT2D eigenvalue weighted by Gasteiger charge is 2.13. The number of benzene rings is 1. The van der Waals surface area contributed by atoms with Gasteiger partial charge in [0, 0.05) is 0 Å². The highest BCUT2D eigenvalue weighted by molar-refractivity contribution is 5.35. The van der Waals surface area contributed by atoms with Crippen molar-refractivity contribution in [1.82, 2.24) is 4.98 Å². The van der Waals surface area contributed by atoms with Crippen molar-refractivity contribution in [1.29, 1.82) is 0 Å². The van der Waals surface area contributed by atoms with Crippen LogP contribution in [0.15, 0.2) is 36.5 Å². The van der Waals surface area contributed by atoms with E-state index < -0.39 is 0 Å². The minimum Gasteiger partial charge on any atom is -0.322 e. The summed E-state index contributed by atoms with van der Waals surface area (Å²) in [6.07, 6.45) is 5.59. The lowest BCUT2D eigenvalue weighted by atomic mass is 9.99. The van der Waals surface area contributed by atoms with Crippen molar-refractivity contribution in [2.75, 3.05) is 0 Å².